The van der Waals surface area contributed by atoms with Crippen LogP contribution in [0, 0.1) is 5.41 Å². The van der Waals surface area contributed by atoms with Crippen molar-refractivity contribution >= 4 is 11.8 Å². The van der Waals surface area contributed by atoms with Crippen molar-refractivity contribution in [2.24, 2.45) is 11.1 Å². The maximum absolute atomic E-state index is 12.5. The van der Waals surface area contributed by atoms with Crippen LogP contribution in [0.1, 0.15) is 19.8 Å². The zero-order valence-electron chi connectivity index (χ0n) is 13.6. The third-order valence-electron chi connectivity index (χ3n) is 4.67. The summed E-state index contributed by atoms with van der Waals surface area (Å²) < 4.78 is 16.8. The molecule has 7 nitrogen and oxygen atoms in total. The van der Waals surface area contributed by atoms with E-state index >= 15 is 0 Å². The molecule has 0 spiro atoms. The third-order valence-corrected chi connectivity index (χ3v) is 4.67. The number of benzene rings is 1. The summed E-state index contributed by atoms with van der Waals surface area (Å²) in [7, 11) is 0. The summed E-state index contributed by atoms with van der Waals surface area (Å²) in [6, 6.07) is 7.21. The second-order valence-corrected chi connectivity index (χ2v) is 6.28. The highest BCUT2D eigenvalue weighted by Gasteiger charge is 2.40. The Hall–Kier alpha value is -2.28. The van der Waals surface area contributed by atoms with Crippen LogP contribution in [-0.4, -0.2) is 43.8 Å². The maximum Gasteiger partial charge on any atom is 0.265 e. The standard InChI is InChI=1S/C17H22N2O5/c1-11-14(24-13-5-3-2-4-12(13)23-11)15(20)19-10-17(16(18)21)6-8-22-9-7-17/h2-5,11,14H,6-10H2,1H3,(H2,18,21)(H,19,20)/t11-,14-/m0/s1. The number of nitrogens with two attached hydrogens (primary N) is 1. The molecule has 3 rings (SSSR count). The second kappa shape index (κ2) is 6.68. The molecule has 0 radical (unpaired) electrons. The number of hydrogen-bond acceptors (Lipinski definition) is 5. The molecule has 1 fully saturated rings. The summed E-state index contributed by atoms with van der Waals surface area (Å²) in [6.07, 6.45) is -0.199. The first-order valence-corrected chi connectivity index (χ1v) is 8.09. The van der Waals surface area contributed by atoms with Gasteiger partial charge in [-0.2, -0.15) is 0 Å². The molecule has 1 aromatic rings. The number of ether oxygens (including phenoxy) is 3. The van der Waals surface area contributed by atoms with Crippen LogP contribution in [0.5, 0.6) is 11.5 Å². The quantitative estimate of drug-likeness (QED) is 0.840. The molecule has 0 aliphatic carbocycles. The fourth-order valence-corrected chi connectivity index (χ4v) is 3.04. The first-order valence-electron chi connectivity index (χ1n) is 8.09. The van der Waals surface area contributed by atoms with Gasteiger partial charge in [0.2, 0.25) is 12.0 Å². The van der Waals surface area contributed by atoms with E-state index in [0.29, 0.717) is 37.6 Å². The van der Waals surface area contributed by atoms with Gasteiger partial charge in [-0.05, 0) is 31.9 Å². The molecule has 0 saturated carbocycles. The summed E-state index contributed by atoms with van der Waals surface area (Å²) >= 11 is 0. The number of hydrogen-bond donors (Lipinski definition) is 2. The average Bonchev–Trinajstić information content (AvgIpc) is 2.59. The Labute approximate surface area is 140 Å². The molecule has 2 aliphatic heterocycles. The van der Waals surface area contributed by atoms with Gasteiger partial charge in [0.15, 0.2) is 11.5 Å². The zero-order valence-corrected chi connectivity index (χ0v) is 13.6. The third kappa shape index (κ3) is 3.17. The molecule has 2 amide bonds. The van der Waals surface area contributed by atoms with Crippen LogP contribution in [0.15, 0.2) is 24.3 Å². The van der Waals surface area contributed by atoms with E-state index in [1.165, 1.54) is 0 Å². The van der Waals surface area contributed by atoms with E-state index in [1.807, 2.05) is 12.1 Å². The molecule has 2 aliphatic rings. The lowest BCUT2D eigenvalue weighted by atomic mass is 9.79. The SMILES string of the molecule is C[C@@H]1Oc2ccccc2O[C@@H]1C(=O)NCC1(C(N)=O)CCOCC1. The minimum atomic E-state index is -0.773. The molecule has 0 unspecified atom stereocenters. The number of para-hydroxylation sites is 2. The van der Waals surface area contributed by atoms with E-state index in [1.54, 1.807) is 19.1 Å². The van der Waals surface area contributed by atoms with Crippen molar-refractivity contribution in [3.63, 3.8) is 0 Å². The number of carbonyl (C=O) groups excluding carboxylic acids is 2. The summed E-state index contributed by atoms with van der Waals surface area (Å²) in [6.45, 7) is 2.88. The van der Waals surface area contributed by atoms with Gasteiger partial charge in [-0.25, -0.2) is 0 Å². The highest BCUT2D eigenvalue weighted by atomic mass is 16.6. The Morgan fingerprint density at radius 2 is 1.83 bits per heavy atom. The second-order valence-electron chi connectivity index (χ2n) is 6.28. The smallest absolute Gasteiger partial charge is 0.265 e. The number of nitrogens with one attached hydrogen (secondary N) is 1. The highest BCUT2D eigenvalue weighted by Crippen LogP contribution is 2.34. The molecule has 3 N–H and O–H groups in total. The molecule has 1 saturated heterocycles. The lowest BCUT2D eigenvalue weighted by Gasteiger charge is -2.35. The number of amides is 2. The molecule has 0 aromatic heterocycles. The molecule has 2 atom stereocenters. The predicted molar refractivity (Wildman–Crippen MR) is 85.6 cm³/mol. The molecular weight excluding hydrogens is 312 g/mol. The fraction of sp³-hybridized carbons (Fsp3) is 0.529. The van der Waals surface area contributed by atoms with Crippen LogP contribution in [0.4, 0.5) is 0 Å². The first-order chi connectivity index (χ1) is 11.5. The lowest BCUT2D eigenvalue weighted by molar-refractivity contribution is -0.137. The summed E-state index contributed by atoms with van der Waals surface area (Å²) in [5.41, 5.74) is 4.80. The van der Waals surface area contributed by atoms with Gasteiger partial charge in [-0.15, -0.1) is 0 Å². The highest BCUT2D eigenvalue weighted by molar-refractivity contribution is 5.85. The van der Waals surface area contributed by atoms with Gasteiger partial charge < -0.3 is 25.3 Å². The summed E-state index contributed by atoms with van der Waals surface area (Å²) in [5.74, 6) is 0.424. The normalized spacial score (nSPS) is 24.9. The largest absolute Gasteiger partial charge is 0.482 e. The fourth-order valence-electron chi connectivity index (χ4n) is 3.04. The van der Waals surface area contributed by atoms with Crippen LogP contribution in [0.2, 0.25) is 0 Å². The van der Waals surface area contributed by atoms with Gasteiger partial charge >= 0.3 is 0 Å². The lowest BCUT2D eigenvalue weighted by Crippen LogP contribution is -2.54. The Morgan fingerprint density at radius 3 is 2.46 bits per heavy atom. The Bertz CT molecular complexity index is 627. The Morgan fingerprint density at radius 1 is 1.21 bits per heavy atom. The van der Waals surface area contributed by atoms with Crippen molar-refractivity contribution in [2.75, 3.05) is 19.8 Å². The molecular formula is C17H22N2O5. The molecule has 0 bridgehead atoms. The van der Waals surface area contributed by atoms with Gasteiger partial charge in [-0.3, -0.25) is 9.59 Å². The van der Waals surface area contributed by atoms with Crippen LogP contribution in [-0.2, 0) is 14.3 Å². The van der Waals surface area contributed by atoms with Crippen LogP contribution < -0.4 is 20.5 Å². The van der Waals surface area contributed by atoms with Crippen LogP contribution in [0.3, 0.4) is 0 Å². The van der Waals surface area contributed by atoms with Crippen molar-refractivity contribution in [1.82, 2.24) is 5.32 Å². The number of fused-ring (bicyclic) bond motifs is 1. The van der Waals surface area contributed by atoms with Gasteiger partial charge in [-0.1, -0.05) is 12.1 Å². The van der Waals surface area contributed by atoms with Gasteiger partial charge in [0, 0.05) is 19.8 Å². The monoisotopic (exact) mass is 334 g/mol. The van der Waals surface area contributed by atoms with Gasteiger partial charge in [0.25, 0.3) is 5.91 Å². The van der Waals surface area contributed by atoms with Crippen molar-refractivity contribution in [1.29, 1.82) is 0 Å². The molecule has 130 valence electrons. The minimum Gasteiger partial charge on any atom is -0.482 e. The van der Waals surface area contributed by atoms with Crippen molar-refractivity contribution < 1.29 is 23.8 Å². The molecule has 2 heterocycles. The number of carbonyl (C=O) groups is 2. The summed E-state index contributed by atoms with van der Waals surface area (Å²) in [4.78, 5) is 24.4. The van der Waals surface area contributed by atoms with Gasteiger partial charge in [0.05, 0.1) is 5.41 Å². The van der Waals surface area contributed by atoms with E-state index in [0.717, 1.165) is 0 Å². The van der Waals surface area contributed by atoms with E-state index in [-0.39, 0.29) is 12.5 Å². The van der Waals surface area contributed by atoms with E-state index in [9.17, 15) is 9.59 Å². The Balaban J connectivity index is 1.65. The topological polar surface area (TPSA) is 99.9 Å². The average molecular weight is 334 g/mol. The van der Waals surface area contributed by atoms with Crippen LogP contribution >= 0.6 is 0 Å². The van der Waals surface area contributed by atoms with Crippen molar-refractivity contribution in [3.05, 3.63) is 24.3 Å². The van der Waals surface area contributed by atoms with E-state index in [4.69, 9.17) is 19.9 Å². The first kappa shape index (κ1) is 16.6. The molecule has 1 aromatic carbocycles. The van der Waals surface area contributed by atoms with E-state index < -0.39 is 23.5 Å². The van der Waals surface area contributed by atoms with Crippen molar-refractivity contribution in [2.45, 2.75) is 32.0 Å². The van der Waals surface area contributed by atoms with Gasteiger partial charge in [0.1, 0.15) is 6.10 Å². The number of rotatable bonds is 4. The predicted octanol–water partition coefficient (Wildman–Crippen LogP) is 0.613. The van der Waals surface area contributed by atoms with Crippen molar-refractivity contribution in [3.8, 4) is 11.5 Å². The molecule has 24 heavy (non-hydrogen) atoms. The van der Waals surface area contributed by atoms with E-state index in [2.05, 4.69) is 5.32 Å². The molecule has 7 heteroatoms. The minimum absolute atomic E-state index is 0.179. The zero-order chi connectivity index (χ0) is 17.2. The Kier molecular flexibility index (Phi) is 4.62. The maximum atomic E-state index is 12.5. The summed E-state index contributed by atoms with van der Waals surface area (Å²) in [5, 5.41) is 2.81. The number of primary amides is 1. The van der Waals surface area contributed by atoms with Crippen LogP contribution in [0.25, 0.3) is 0 Å².